The molecule has 0 fully saturated rings. The lowest BCUT2D eigenvalue weighted by atomic mass is 9.91. The van der Waals surface area contributed by atoms with Gasteiger partial charge in [-0.15, -0.1) is 0 Å². The molecule has 0 bridgehead atoms. The summed E-state index contributed by atoms with van der Waals surface area (Å²) in [7, 11) is 0. The first kappa shape index (κ1) is 43.1. The second kappa shape index (κ2) is 19.8. The highest BCUT2D eigenvalue weighted by Crippen LogP contribution is 2.51. The molecule has 3 nitrogen and oxygen atoms in total. The molecule has 0 unspecified atom stereocenters. The maximum atomic E-state index is 9.90. The van der Waals surface area contributed by atoms with Gasteiger partial charge in [0.25, 0.3) is 0 Å². The van der Waals surface area contributed by atoms with Crippen molar-refractivity contribution in [2.45, 2.75) is 0 Å². The quantitative estimate of drug-likeness (QED) is 0.122. The number of hydrogen-bond acceptors (Lipinski definition) is 3. The van der Waals surface area contributed by atoms with Gasteiger partial charge in [-0.2, -0.15) is 5.26 Å². The van der Waals surface area contributed by atoms with Gasteiger partial charge in [0.2, 0.25) is 0 Å². The number of nitriles is 1. The van der Waals surface area contributed by atoms with Crippen LogP contribution in [-0.2, 0) is 0 Å². The second-order valence-electron chi connectivity index (χ2n) is 17.3. The third-order valence-electron chi connectivity index (χ3n) is 12.9. The Balaban J connectivity index is 1.20. The third-order valence-corrected chi connectivity index (χ3v) is 12.9. The number of rotatable bonds is 12. The van der Waals surface area contributed by atoms with Gasteiger partial charge in [0.05, 0.1) is 23.0 Å². The minimum atomic E-state index is 0.615. The van der Waals surface area contributed by atoms with Crippen LogP contribution in [0.3, 0.4) is 0 Å². The predicted molar refractivity (Wildman–Crippen MR) is 293 cm³/mol. The maximum Gasteiger partial charge on any atom is 0.0991 e. The zero-order valence-electron chi connectivity index (χ0n) is 38.5. The average molecular weight is 894 g/mol. The van der Waals surface area contributed by atoms with Crippen molar-refractivity contribution in [1.29, 1.82) is 5.26 Å². The Morgan fingerprint density at radius 1 is 0.229 bits per heavy atom. The van der Waals surface area contributed by atoms with E-state index in [2.05, 4.69) is 289 Å². The average Bonchev–Trinajstić information content (AvgIpc) is 3.45. The minimum Gasteiger partial charge on any atom is -0.308 e. The van der Waals surface area contributed by atoms with Gasteiger partial charge in [0, 0.05) is 22.7 Å². The van der Waals surface area contributed by atoms with Crippen molar-refractivity contribution < 1.29 is 0 Å². The molecule has 3 heteroatoms. The van der Waals surface area contributed by atoms with Crippen LogP contribution in [0.2, 0.25) is 0 Å². The first-order chi connectivity index (χ1) is 34.7. The van der Waals surface area contributed by atoms with E-state index in [9.17, 15) is 5.26 Å². The molecule has 0 saturated heterocycles. The highest BCUT2D eigenvalue weighted by atomic mass is 15.2. The van der Waals surface area contributed by atoms with Gasteiger partial charge in [-0.05, 0) is 140 Å². The SMILES string of the molecule is N#Cc1ccc(-c2cc(N(c3ccc(-c4ccccc4)cc3)c3ccc(-c4ccccc4)cc3)c(N(c3ccc(-c4ccccc4)cc3)c3ccc(-c4ccccc4)cc3)cc2-c2ccccc2)cc1. The molecular formula is C67H47N3. The molecule has 11 aromatic rings. The lowest BCUT2D eigenvalue weighted by Crippen LogP contribution is -2.17. The molecule has 0 aromatic heterocycles. The van der Waals surface area contributed by atoms with Crippen LogP contribution in [-0.4, -0.2) is 0 Å². The van der Waals surface area contributed by atoms with Crippen molar-refractivity contribution in [3.05, 3.63) is 291 Å². The van der Waals surface area contributed by atoms with E-state index in [4.69, 9.17) is 0 Å². The summed E-state index contributed by atoms with van der Waals surface area (Å²) in [6.07, 6.45) is 0. The van der Waals surface area contributed by atoms with E-state index in [0.29, 0.717) is 5.56 Å². The van der Waals surface area contributed by atoms with Crippen LogP contribution in [0.1, 0.15) is 5.56 Å². The fourth-order valence-corrected chi connectivity index (χ4v) is 9.34. The molecule has 70 heavy (non-hydrogen) atoms. The summed E-state index contributed by atoms with van der Waals surface area (Å²) >= 11 is 0. The minimum absolute atomic E-state index is 0.615. The molecule has 0 saturated carbocycles. The molecule has 0 heterocycles. The second-order valence-corrected chi connectivity index (χ2v) is 17.3. The van der Waals surface area contributed by atoms with Crippen LogP contribution >= 0.6 is 0 Å². The lowest BCUT2D eigenvalue weighted by molar-refractivity contribution is 1.23. The van der Waals surface area contributed by atoms with Crippen LogP contribution < -0.4 is 9.80 Å². The monoisotopic (exact) mass is 893 g/mol. The largest absolute Gasteiger partial charge is 0.308 e. The van der Waals surface area contributed by atoms with E-state index in [1.165, 1.54) is 0 Å². The van der Waals surface area contributed by atoms with Crippen molar-refractivity contribution >= 4 is 34.1 Å². The first-order valence-corrected chi connectivity index (χ1v) is 23.6. The van der Waals surface area contributed by atoms with E-state index in [1.807, 2.05) is 12.1 Å². The van der Waals surface area contributed by atoms with Crippen LogP contribution in [0, 0.1) is 11.3 Å². The lowest BCUT2D eigenvalue weighted by Gasteiger charge is -2.35. The molecule has 11 rings (SSSR count). The normalized spacial score (nSPS) is 10.8. The van der Waals surface area contributed by atoms with Gasteiger partial charge >= 0.3 is 0 Å². The van der Waals surface area contributed by atoms with Crippen molar-refractivity contribution in [2.24, 2.45) is 0 Å². The van der Waals surface area contributed by atoms with E-state index >= 15 is 0 Å². The third kappa shape index (κ3) is 9.02. The summed E-state index contributed by atoms with van der Waals surface area (Å²) in [4.78, 5) is 4.79. The summed E-state index contributed by atoms with van der Waals surface area (Å²) in [6.45, 7) is 0. The summed E-state index contributed by atoms with van der Waals surface area (Å²) in [5, 5.41) is 9.90. The number of benzene rings is 11. The van der Waals surface area contributed by atoms with E-state index in [-0.39, 0.29) is 0 Å². The van der Waals surface area contributed by atoms with Crippen molar-refractivity contribution in [3.63, 3.8) is 0 Å². The van der Waals surface area contributed by atoms with Gasteiger partial charge in [0.1, 0.15) is 0 Å². The zero-order chi connectivity index (χ0) is 47.1. The molecular weight excluding hydrogens is 847 g/mol. The van der Waals surface area contributed by atoms with Crippen LogP contribution in [0.25, 0.3) is 66.8 Å². The summed E-state index contributed by atoms with van der Waals surface area (Å²) in [5.41, 5.74) is 20.0. The zero-order valence-corrected chi connectivity index (χ0v) is 38.5. The fourth-order valence-electron chi connectivity index (χ4n) is 9.34. The number of nitrogens with zero attached hydrogens (tertiary/aromatic N) is 3. The smallest absolute Gasteiger partial charge is 0.0991 e. The maximum absolute atomic E-state index is 9.90. The van der Waals surface area contributed by atoms with Gasteiger partial charge in [0.15, 0.2) is 0 Å². The van der Waals surface area contributed by atoms with Crippen molar-refractivity contribution in [2.75, 3.05) is 9.80 Å². The van der Waals surface area contributed by atoms with Crippen LogP contribution in [0.5, 0.6) is 0 Å². The van der Waals surface area contributed by atoms with Crippen molar-refractivity contribution in [1.82, 2.24) is 0 Å². The molecule has 0 radical (unpaired) electrons. The Hall–Kier alpha value is -9.49. The number of anilines is 6. The topological polar surface area (TPSA) is 30.3 Å². The van der Waals surface area contributed by atoms with E-state index in [0.717, 1.165) is 101 Å². The molecule has 0 amide bonds. The summed E-state index contributed by atoms with van der Waals surface area (Å²) in [5.74, 6) is 0. The van der Waals surface area contributed by atoms with Gasteiger partial charge in [-0.25, -0.2) is 0 Å². The van der Waals surface area contributed by atoms with Crippen molar-refractivity contribution in [3.8, 4) is 72.8 Å². The number of hydrogen-bond donors (Lipinski definition) is 0. The van der Waals surface area contributed by atoms with Crippen LogP contribution in [0.15, 0.2) is 285 Å². The van der Waals surface area contributed by atoms with Gasteiger partial charge in [-0.3, -0.25) is 0 Å². The Morgan fingerprint density at radius 3 is 0.700 bits per heavy atom. The molecule has 330 valence electrons. The summed E-state index contributed by atoms with van der Waals surface area (Å²) < 4.78 is 0. The fraction of sp³-hybridized carbons (Fsp3) is 0. The predicted octanol–water partition coefficient (Wildman–Crippen LogP) is 18.5. The summed E-state index contributed by atoms with van der Waals surface area (Å²) in [6, 6.07) is 103. The van der Waals surface area contributed by atoms with Gasteiger partial charge in [-0.1, -0.05) is 212 Å². The molecule has 0 aliphatic carbocycles. The Kier molecular flexibility index (Phi) is 12.2. The highest BCUT2D eigenvalue weighted by Gasteiger charge is 2.26. The molecule has 0 atom stereocenters. The molecule has 0 N–H and O–H groups in total. The molecule has 0 spiro atoms. The Morgan fingerprint density at radius 2 is 0.443 bits per heavy atom. The first-order valence-electron chi connectivity index (χ1n) is 23.6. The Bertz CT molecular complexity index is 3350. The molecule has 0 aliphatic rings. The van der Waals surface area contributed by atoms with E-state index < -0.39 is 0 Å². The van der Waals surface area contributed by atoms with Crippen LogP contribution in [0.4, 0.5) is 34.1 Å². The Labute approximate surface area is 410 Å². The van der Waals surface area contributed by atoms with E-state index in [1.54, 1.807) is 0 Å². The van der Waals surface area contributed by atoms with Gasteiger partial charge < -0.3 is 9.80 Å². The molecule has 0 aliphatic heterocycles. The molecule has 11 aromatic carbocycles. The highest BCUT2D eigenvalue weighted by molar-refractivity contribution is 5.99. The standard InChI is InChI=1S/C67H47N3/c68-48-49-26-28-59(29-27-49)65-47-67(70(62-42-34-56(35-43-62)52-20-10-3-11-21-52)63-44-36-57(37-45-63)53-22-12-4-13-23-53)66(46-64(65)58-24-14-5-15-25-58)69(60-38-30-54(31-39-60)50-16-6-1-7-17-50)61-40-32-55(33-41-61)51-18-8-2-9-19-51/h1-47H.